The summed E-state index contributed by atoms with van der Waals surface area (Å²) in [5.74, 6) is -0.258. The summed E-state index contributed by atoms with van der Waals surface area (Å²) in [4.78, 5) is 10.5. The molecule has 0 saturated heterocycles. The zero-order valence-corrected chi connectivity index (χ0v) is 9.65. The van der Waals surface area contributed by atoms with E-state index in [1.807, 2.05) is 24.3 Å². The van der Waals surface area contributed by atoms with Crippen molar-refractivity contribution in [1.29, 1.82) is 0 Å². The first-order valence-corrected chi connectivity index (χ1v) is 6.13. The van der Waals surface area contributed by atoms with Gasteiger partial charge in [0.05, 0.1) is 0 Å². The van der Waals surface area contributed by atoms with Gasteiger partial charge in [-0.2, -0.15) is 0 Å². The van der Waals surface area contributed by atoms with E-state index in [1.165, 1.54) is 0 Å². The molecule has 0 spiro atoms. The van der Waals surface area contributed by atoms with Crippen LogP contribution in [0.5, 0.6) is 0 Å². The second kappa shape index (κ2) is 5.71. The van der Waals surface area contributed by atoms with Crippen LogP contribution >= 0.6 is 0 Å². The van der Waals surface area contributed by atoms with Crippen LogP contribution in [0.1, 0.15) is 18.4 Å². The van der Waals surface area contributed by atoms with Gasteiger partial charge in [0.1, 0.15) is 0 Å². The molecule has 3 nitrogen and oxygen atoms in total. The van der Waals surface area contributed by atoms with Crippen molar-refractivity contribution >= 4 is 25.9 Å². The minimum atomic E-state index is -0.923. The molecule has 1 amide bonds. The van der Waals surface area contributed by atoms with E-state index in [9.17, 15) is 8.53 Å². The first-order chi connectivity index (χ1) is 6.72. The fourth-order valence-electron chi connectivity index (χ4n) is 1.19. The molecular weight excluding hydrogens is 241 g/mol. The van der Waals surface area contributed by atoms with E-state index in [-0.39, 0.29) is 5.91 Å². The molecule has 0 bridgehead atoms. The van der Waals surface area contributed by atoms with Crippen molar-refractivity contribution in [3.05, 3.63) is 29.8 Å². The topological polar surface area (TPSA) is 60.2 Å². The third kappa shape index (κ3) is 3.84. The van der Waals surface area contributed by atoms with Gasteiger partial charge < -0.3 is 0 Å². The van der Waals surface area contributed by atoms with E-state index in [4.69, 9.17) is 5.73 Å². The number of amides is 1. The summed E-state index contributed by atoms with van der Waals surface area (Å²) in [6.45, 7) is 0. The predicted molar refractivity (Wildman–Crippen MR) is 54.6 cm³/mol. The summed E-state index contributed by atoms with van der Waals surface area (Å²) < 4.78 is 11.5. The third-order valence-electron chi connectivity index (χ3n) is 1.93. The quantitative estimate of drug-likeness (QED) is 0.760. The van der Waals surface area contributed by atoms with E-state index in [0.29, 0.717) is 6.42 Å². The number of aryl methyl sites for hydroxylation is 1. The van der Waals surface area contributed by atoms with Crippen molar-refractivity contribution in [2.45, 2.75) is 19.3 Å². The number of carbonyl (C=O) groups excluding carboxylic acids is 1. The van der Waals surface area contributed by atoms with Crippen molar-refractivity contribution < 1.29 is 8.53 Å². The molecule has 0 aliphatic carbocycles. The van der Waals surface area contributed by atoms with Crippen LogP contribution in [0.4, 0.5) is 0 Å². The standard InChI is InChI=1S/C10H12AsNO2/c12-10(13)3-1-2-8-4-6-9(11-14)7-5-8/h4-7H,1-3H2,(H2,12,13). The predicted octanol–water partition coefficient (Wildman–Crippen LogP) is 0.170. The van der Waals surface area contributed by atoms with Crippen LogP contribution in [0.15, 0.2) is 24.3 Å². The summed E-state index contributed by atoms with van der Waals surface area (Å²) in [5, 5.41) is 0. The van der Waals surface area contributed by atoms with E-state index in [2.05, 4.69) is 0 Å². The molecule has 0 heterocycles. The molecule has 74 valence electrons. The maximum absolute atomic E-state index is 10.6. The molecule has 0 unspecified atom stereocenters. The van der Waals surface area contributed by atoms with Gasteiger partial charge in [-0.1, -0.05) is 0 Å². The molecular formula is C10H12AsNO2. The molecule has 14 heavy (non-hydrogen) atoms. The zero-order chi connectivity index (χ0) is 10.4. The van der Waals surface area contributed by atoms with Gasteiger partial charge in [-0.05, 0) is 0 Å². The fourth-order valence-corrected chi connectivity index (χ4v) is 1.76. The molecule has 0 fully saturated rings. The van der Waals surface area contributed by atoms with Gasteiger partial charge in [-0.3, -0.25) is 0 Å². The van der Waals surface area contributed by atoms with Crippen LogP contribution in [0.25, 0.3) is 0 Å². The number of hydrogen-bond donors (Lipinski definition) is 1. The van der Waals surface area contributed by atoms with E-state index < -0.39 is 15.7 Å². The molecule has 1 aromatic carbocycles. The molecule has 1 rings (SSSR count). The van der Waals surface area contributed by atoms with Crippen molar-refractivity contribution in [2.24, 2.45) is 5.73 Å². The van der Waals surface area contributed by atoms with Crippen LogP contribution < -0.4 is 10.1 Å². The Hall–Kier alpha value is -0.952. The Kier molecular flexibility index (Phi) is 4.54. The van der Waals surface area contributed by atoms with Gasteiger partial charge in [-0.15, -0.1) is 0 Å². The monoisotopic (exact) mass is 253 g/mol. The van der Waals surface area contributed by atoms with Crippen LogP contribution in [-0.2, 0) is 15.0 Å². The zero-order valence-electron chi connectivity index (χ0n) is 7.77. The van der Waals surface area contributed by atoms with Crippen molar-refractivity contribution in [1.82, 2.24) is 0 Å². The SMILES string of the molecule is NC(=O)CCCc1ccc([As]=O)cc1. The fraction of sp³-hybridized carbons (Fsp3) is 0.300. The molecule has 0 atom stereocenters. The molecule has 1 aromatic rings. The number of nitrogens with two attached hydrogens (primary N) is 1. The second-order valence-corrected chi connectivity index (χ2v) is 4.54. The minimum absolute atomic E-state index is 0.258. The molecule has 0 aliphatic heterocycles. The molecule has 0 saturated carbocycles. The summed E-state index contributed by atoms with van der Waals surface area (Å²) in [6, 6.07) is 7.63. The molecule has 4 heteroatoms. The van der Waals surface area contributed by atoms with Crippen LogP contribution in [-0.4, -0.2) is 21.6 Å². The van der Waals surface area contributed by atoms with Crippen LogP contribution in [0.3, 0.4) is 0 Å². The van der Waals surface area contributed by atoms with E-state index in [1.54, 1.807) is 0 Å². The average Bonchev–Trinajstić information content (AvgIpc) is 2.18. The van der Waals surface area contributed by atoms with Gasteiger partial charge in [0, 0.05) is 0 Å². The van der Waals surface area contributed by atoms with Gasteiger partial charge in [0.25, 0.3) is 0 Å². The second-order valence-electron chi connectivity index (χ2n) is 3.08. The Morgan fingerprint density at radius 1 is 1.29 bits per heavy atom. The van der Waals surface area contributed by atoms with Crippen molar-refractivity contribution in [3.8, 4) is 0 Å². The summed E-state index contributed by atoms with van der Waals surface area (Å²) >= 11 is -0.923. The number of rotatable bonds is 5. The van der Waals surface area contributed by atoms with E-state index in [0.717, 1.165) is 22.8 Å². The number of hydrogen-bond acceptors (Lipinski definition) is 2. The third-order valence-corrected chi connectivity index (χ3v) is 3.00. The Balaban J connectivity index is 2.43. The summed E-state index contributed by atoms with van der Waals surface area (Å²) in [5.41, 5.74) is 6.18. The summed E-state index contributed by atoms with van der Waals surface area (Å²) in [7, 11) is 0. The van der Waals surface area contributed by atoms with Crippen LogP contribution in [0, 0.1) is 0 Å². The normalized spacial score (nSPS) is 10.3. The first kappa shape index (κ1) is 11.1. The average molecular weight is 253 g/mol. The summed E-state index contributed by atoms with van der Waals surface area (Å²) in [6.07, 6.45) is 2.05. The Labute approximate surface area is 89.6 Å². The maximum atomic E-state index is 10.6. The Morgan fingerprint density at radius 2 is 1.93 bits per heavy atom. The van der Waals surface area contributed by atoms with Crippen LogP contribution in [0.2, 0.25) is 0 Å². The van der Waals surface area contributed by atoms with Gasteiger partial charge >= 0.3 is 89.3 Å². The number of benzene rings is 1. The Morgan fingerprint density at radius 3 is 2.43 bits per heavy atom. The van der Waals surface area contributed by atoms with Gasteiger partial charge in [0.2, 0.25) is 0 Å². The van der Waals surface area contributed by atoms with E-state index >= 15 is 0 Å². The molecule has 2 N–H and O–H groups in total. The van der Waals surface area contributed by atoms with Gasteiger partial charge in [-0.25, -0.2) is 0 Å². The van der Waals surface area contributed by atoms with Crippen molar-refractivity contribution in [2.75, 3.05) is 0 Å². The Bertz CT molecular complexity index is 321. The molecule has 0 radical (unpaired) electrons. The molecule has 0 aromatic heterocycles. The van der Waals surface area contributed by atoms with Gasteiger partial charge in [0.15, 0.2) is 0 Å². The number of primary amides is 1. The number of carbonyl (C=O) groups is 1. The molecule has 0 aliphatic rings. The van der Waals surface area contributed by atoms with Crippen molar-refractivity contribution in [3.63, 3.8) is 0 Å². The first-order valence-electron chi connectivity index (χ1n) is 4.43.